The van der Waals surface area contributed by atoms with Gasteiger partial charge in [0.25, 0.3) is 5.91 Å². The lowest BCUT2D eigenvalue weighted by atomic mass is 9.97. The molecule has 2 heterocycles. The van der Waals surface area contributed by atoms with Gasteiger partial charge in [-0.2, -0.15) is 0 Å². The van der Waals surface area contributed by atoms with Crippen LogP contribution in [0.3, 0.4) is 0 Å². The van der Waals surface area contributed by atoms with Crippen molar-refractivity contribution in [1.29, 1.82) is 0 Å². The molecule has 1 aromatic heterocycles. The Morgan fingerprint density at radius 1 is 1.29 bits per heavy atom. The Balaban J connectivity index is 1.70. The fraction of sp³-hybridized carbons (Fsp3) is 0.643. The van der Waals surface area contributed by atoms with Crippen molar-refractivity contribution in [3.05, 3.63) is 27.9 Å². The average molecular weight is 292 g/mol. The molecule has 1 aliphatic heterocycles. The van der Waals surface area contributed by atoms with Crippen LogP contribution in [-0.2, 0) is 0 Å². The van der Waals surface area contributed by atoms with Gasteiger partial charge in [-0.05, 0) is 55.7 Å². The number of H-pyrrole nitrogens is 1. The third kappa shape index (κ3) is 3.24. The maximum atomic E-state index is 12.6. The highest BCUT2D eigenvalue weighted by molar-refractivity contribution is 5.93. The van der Waals surface area contributed by atoms with Gasteiger partial charge < -0.3 is 20.3 Å². The molecule has 1 amide bonds. The van der Waals surface area contributed by atoms with Crippen molar-refractivity contribution in [2.75, 3.05) is 19.6 Å². The van der Waals surface area contributed by atoms with Gasteiger partial charge in [-0.1, -0.05) is 0 Å². The van der Waals surface area contributed by atoms with E-state index in [1.807, 2.05) is 4.90 Å². The van der Waals surface area contributed by atoms with Gasteiger partial charge in [0.1, 0.15) is 0 Å². The van der Waals surface area contributed by atoms with Gasteiger partial charge in [-0.15, -0.1) is 0 Å². The van der Waals surface area contributed by atoms with Gasteiger partial charge >= 0.3 is 5.82 Å². The smallest absolute Gasteiger partial charge is 0.321 e. The Hall–Kier alpha value is -1.89. The third-order valence-corrected chi connectivity index (χ3v) is 4.26. The summed E-state index contributed by atoms with van der Waals surface area (Å²) < 4.78 is 0. The zero-order valence-corrected chi connectivity index (χ0v) is 11.9. The first-order valence-electron chi connectivity index (χ1n) is 7.50. The highest BCUT2D eigenvalue weighted by Gasteiger charge is 2.36. The minimum atomic E-state index is -0.509. The fourth-order valence-corrected chi connectivity index (χ4v) is 2.90. The van der Waals surface area contributed by atoms with Crippen LogP contribution in [0.4, 0.5) is 5.82 Å². The second kappa shape index (κ2) is 5.85. The molecule has 2 aliphatic rings. The lowest BCUT2D eigenvalue weighted by Crippen LogP contribution is -2.40. The predicted molar refractivity (Wildman–Crippen MR) is 77.1 cm³/mol. The van der Waals surface area contributed by atoms with Crippen LogP contribution < -0.4 is 5.32 Å². The third-order valence-electron chi connectivity index (χ3n) is 4.26. The molecule has 0 atom stereocenters. The van der Waals surface area contributed by atoms with Crippen LogP contribution >= 0.6 is 0 Å². The first-order chi connectivity index (χ1) is 10.1. The summed E-state index contributed by atoms with van der Waals surface area (Å²) >= 11 is 0. The van der Waals surface area contributed by atoms with E-state index < -0.39 is 4.92 Å². The SMILES string of the molecule is O=C(c1ccc([N+](=O)[O-])[nH]1)N(CC1CCNCC1)C1CC1. The molecular weight excluding hydrogens is 272 g/mol. The number of hydrogen-bond acceptors (Lipinski definition) is 4. The number of piperidine rings is 1. The molecule has 0 bridgehead atoms. The number of rotatable bonds is 5. The summed E-state index contributed by atoms with van der Waals surface area (Å²) in [7, 11) is 0. The van der Waals surface area contributed by atoms with Crippen molar-refractivity contribution < 1.29 is 9.72 Å². The quantitative estimate of drug-likeness (QED) is 0.636. The number of hydrogen-bond donors (Lipinski definition) is 2. The molecule has 1 aliphatic carbocycles. The minimum Gasteiger partial charge on any atom is -0.358 e. The maximum absolute atomic E-state index is 12.6. The predicted octanol–water partition coefficient (Wildman–Crippen LogP) is 1.53. The van der Waals surface area contributed by atoms with Crippen LogP contribution in [0, 0.1) is 16.0 Å². The van der Waals surface area contributed by atoms with Gasteiger partial charge in [0.05, 0.1) is 0 Å². The molecule has 1 saturated carbocycles. The first-order valence-corrected chi connectivity index (χ1v) is 7.50. The molecule has 7 heteroatoms. The first kappa shape index (κ1) is 14.1. The van der Waals surface area contributed by atoms with E-state index in [1.165, 1.54) is 12.1 Å². The van der Waals surface area contributed by atoms with E-state index in [0.717, 1.165) is 45.3 Å². The zero-order valence-electron chi connectivity index (χ0n) is 11.9. The van der Waals surface area contributed by atoms with E-state index in [4.69, 9.17) is 0 Å². The largest absolute Gasteiger partial charge is 0.358 e. The maximum Gasteiger partial charge on any atom is 0.321 e. The van der Waals surface area contributed by atoms with Gasteiger partial charge in [-0.3, -0.25) is 4.79 Å². The fourth-order valence-electron chi connectivity index (χ4n) is 2.90. The Morgan fingerprint density at radius 3 is 2.57 bits per heavy atom. The van der Waals surface area contributed by atoms with Crippen LogP contribution in [0.5, 0.6) is 0 Å². The number of nitrogens with zero attached hydrogens (tertiary/aromatic N) is 2. The lowest BCUT2D eigenvalue weighted by Gasteiger charge is -2.29. The Kier molecular flexibility index (Phi) is 3.92. The molecular formula is C14H20N4O3. The highest BCUT2D eigenvalue weighted by atomic mass is 16.6. The molecule has 2 N–H and O–H groups in total. The summed E-state index contributed by atoms with van der Waals surface area (Å²) in [6, 6.07) is 3.18. The molecule has 1 saturated heterocycles. The van der Waals surface area contributed by atoms with Crippen molar-refractivity contribution in [2.45, 2.75) is 31.7 Å². The van der Waals surface area contributed by atoms with E-state index >= 15 is 0 Å². The highest BCUT2D eigenvalue weighted by Crippen LogP contribution is 2.30. The average Bonchev–Trinajstić information content (AvgIpc) is 3.20. The number of aromatic nitrogens is 1. The molecule has 1 aromatic rings. The summed E-state index contributed by atoms with van der Waals surface area (Å²) in [6.07, 6.45) is 4.25. The number of carbonyl (C=O) groups excluding carboxylic acids is 1. The molecule has 0 unspecified atom stereocenters. The van der Waals surface area contributed by atoms with E-state index in [0.29, 0.717) is 17.7 Å². The summed E-state index contributed by atoms with van der Waals surface area (Å²) in [6.45, 7) is 2.77. The van der Waals surface area contributed by atoms with Crippen LogP contribution in [-0.4, -0.2) is 46.4 Å². The van der Waals surface area contributed by atoms with Crippen molar-refractivity contribution in [3.8, 4) is 0 Å². The Morgan fingerprint density at radius 2 is 2.00 bits per heavy atom. The normalized spacial score (nSPS) is 19.4. The summed E-state index contributed by atoms with van der Waals surface area (Å²) in [4.78, 5) is 27.3. The second-order valence-electron chi connectivity index (χ2n) is 5.90. The van der Waals surface area contributed by atoms with Crippen molar-refractivity contribution in [3.63, 3.8) is 0 Å². The summed E-state index contributed by atoms with van der Waals surface area (Å²) in [5.74, 6) is 0.292. The Labute approximate surface area is 122 Å². The second-order valence-corrected chi connectivity index (χ2v) is 5.90. The van der Waals surface area contributed by atoms with Crippen molar-refractivity contribution >= 4 is 11.7 Å². The van der Waals surface area contributed by atoms with Crippen LogP contribution in [0.25, 0.3) is 0 Å². The van der Waals surface area contributed by atoms with Gasteiger partial charge in [-0.25, -0.2) is 4.98 Å². The summed E-state index contributed by atoms with van der Waals surface area (Å²) in [5, 5.41) is 14.0. The minimum absolute atomic E-state index is 0.107. The molecule has 0 radical (unpaired) electrons. The van der Waals surface area contributed by atoms with Crippen LogP contribution in [0.1, 0.15) is 36.2 Å². The van der Waals surface area contributed by atoms with Gasteiger partial charge in [0, 0.05) is 18.7 Å². The van der Waals surface area contributed by atoms with Crippen LogP contribution in [0.2, 0.25) is 0 Å². The molecule has 3 rings (SSSR count). The van der Waals surface area contributed by atoms with E-state index in [1.54, 1.807) is 0 Å². The molecule has 7 nitrogen and oxygen atoms in total. The number of amides is 1. The monoisotopic (exact) mass is 292 g/mol. The van der Waals surface area contributed by atoms with E-state index in [9.17, 15) is 14.9 Å². The van der Waals surface area contributed by atoms with E-state index in [2.05, 4.69) is 10.3 Å². The lowest BCUT2D eigenvalue weighted by molar-refractivity contribution is -0.389. The van der Waals surface area contributed by atoms with Gasteiger partial charge in [0.15, 0.2) is 5.69 Å². The molecule has 2 fully saturated rings. The Bertz CT molecular complexity index is 532. The number of nitrogens with one attached hydrogen (secondary N) is 2. The van der Waals surface area contributed by atoms with Gasteiger partial charge in [0.2, 0.25) is 0 Å². The van der Waals surface area contributed by atoms with Crippen molar-refractivity contribution in [1.82, 2.24) is 15.2 Å². The van der Waals surface area contributed by atoms with E-state index in [-0.39, 0.29) is 11.7 Å². The molecule has 114 valence electrons. The molecule has 21 heavy (non-hydrogen) atoms. The number of nitro groups is 1. The number of aromatic amines is 1. The number of carbonyl (C=O) groups is 1. The summed E-state index contributed by atoms with van der Waals surface area (Å²) in [5.41, 5.74) is 0.322. The van der Waals surface area contributed by atoms with Crippen LogP contribution in [0.15, 0.2) is 12.1 Å². The van der Waals surface area contributed by atoms with Crippen molar-refractivity contribution in [2.24, 2.45) is 5.92 Å². The topological polar surface area (TPSA) is 91.3 Å². The molecule has 0 aromatic carbocycles. The molecule has 0 spiro atoms. The standard InChI is InChI=1S/C14H20N4O3/c19-14(12-3-4-13(16-12)18(20)21)17(11-1-2-11)9-10-5-7-15-8-6-10/h3-4,10-11,15-16H,1-2,5-9H2. The zero-order chi connectivity index (χ0) is 14.8.